The number of amides is 4. The van der Waals surface area contributed by atoms with Gasteiger partial charge in [0, 0.05) is 39.0 Å². The van der Waals surface area contributed by atoms with Crippen molar-refractivity contribution in [3.8, 4) is 39.5 Å². The van der Waals surface area contributed by atoms with Gasteiger partial charge in [0.15, 0.2) is 23.1 Å². The minimum Gasteiger partial charge on any atom is -0.490 e. The van der Waals surface area contributed by atoms with Crippen molar-refractivity contribution < 1.29 is 53.0 Å². The van der Waals surface area contributed by atoms with Crippen molar-refractivity contribution in [1.29, 1.82) is 0 Å². The van der Waals surface area contributed by atoms with Gasteiger partial charge in [-0.15, -0.1) is 11.3 Å². The highest BCUT2D eigenvalue weighted by molar-refractivity contribution is 7.13. The second kappa shape index (κ2) is 28.0. The Labute approximate surface area is 446 Å². The number of fused-ring (bicyclic) bond motifs is 1. The highest BCUT2D eigenvalue weighted by atomic mass is 32.1. The van der Waals surface area contributed by atoms with E-state index in [1.165, 1.54) is 4.90 Å². The van der Waals surface area contributed by atoms with Crippen molar-refractivity contribution in [2.75, 3.05) is 78.2 Å². The summed E-state index contributed by atoms with van der Waals surface area (Å²) in [7, 11) is 0. The molecule has 5 aromatic rings. The van der Waals surface area contributed by atoms with E-state index in [9.17, 15) is 29.4 Å². The summed E-state index contributed by atoms with van der Waals surface area (Å²) in [5.74, 6) is 5.30. The van der Waals surface area contributed by atoms with E-state index in [2.05, 4.69) is 53.4 Å². The Morgan fingerprint density at radius 2 is 1.66 bits per heavy atom. The number of nitrogens with two attached hydrogens (primary N) is 1. The zero-order valence-electron chi connectivity index (χ0n) is 44.4. The smallest absolute Gasteiger partial charge is 0.246 e. The first-order chi connectivity index (χ1) is 36.3. The number of nitrogens with one attached hydrogen (secondary N) is 4. The van der Waals surface area contributed by atoms with E-state index in [4.69, 9.17) is 34.3 Å². The largest absolute Gasteiger partial charge is 0.490 e. The minimum absolute atomic E-state index is 0.0306. The minimum atomic E-state index is -1.24. The highest BCUT2D eigenvalue weighted by Crippen LogP contribution is 2.34. The number of carbonyl (C=O) groups is 4. The monoisotopic (exact) mass is 1070 g/mol. The SMILES string of the molecule is CCn1c(-c2nonc2N)nc2c(C#CC(C)(C)O)ncc(OCCCNCCCC(=O)NCCOCCOCCOCC(=O)N[C@H](C(=O)N3C[C@H](O)C[C@H]3C(=O)NCc3ccc(-c4scnc4C)cc3)C(C)(C)C)c21. The average Bonchev–Trinajstić information content (AvgIpc) is 4.20. The number of aryl methyl sites for hydroxylation is 2. The number of anilines is 1. The van der Waals surface area contributed by atoms with Crippen LogP contribution in [0.3, 0.4) is 0 Å². The van der Waals surface area contributed by atoms with Crippen LogP contribution in [0.25, 0.3) is 33.0 Å². The van der Waals surface area contributed by atoms with Crippen molar-refractivity contribution in [2.45, 2.75) is 111 Å². The van der Waals surface area contributed by atoms with Crippen molar-refractivity contribution in [2.24, 2.45) is 5.41 Å². The third-order valence-corrected chi connectivity index (χ3v) is 13.0. The molecule has 4 amide bonds. The van der Waals surface area contributed by atoms with Gasteiger partial charge in [-0.05, 0) is 86.4 Å². The lowest BCUT2D eigenvalue weighted by Gasteiger charge is -2.35. The Morgan fingerprint density at radius 1 is 0.934 bits per heavy atom. The van der Waals surface area contributed by atoms with E-state index in [0.29, 0.717) is 93.6 Å². The second-order valence-electron chi connectivity index (χ2n) is 19.8. The molecule has 8 N–H and O–H groups in total. The molecule has 1 aliphatic heterocycles. The first-order valence-corrected chi connectivity index (χ1v) is 26.3. The van der Waals surface area contributed by atoms with Crippen molar-refractivity contribution in [3.63, 3.8) is 0 Å². The van der Waals surface area contributed by atoms with Crippen LogP contribution < -0.4 is 31.7 Å². The molecule has 0 aliphatic carbocycles. The molecule has 4 aromatic heterocycles. The maximum absolute atomic E-state index is 13.9. The van der Waals surface area contributed by atoms with Gasteiger partial charge in [0.1, 0.15) is 41.0 Å². The molecule has 6 rings (SSSR count). The molecule has 1 aliphatic rings. The number of β-amino-alcohol motifs (C(OH)–C–C–N with tert-alkyl or cyclic N) is 1. The van der Waals surface area contributed by atoms with Crippen LogP contribution in [0.1, 0.15) is 84.2 Å². The van der Waals surface area contributed by atoms with Gasteiger partial charge in [0.05, 0.1) is 68.0 Å². The average molecular weight is 1070 g/mol. The molecule has 1 saturated heterocycles. The molecular weight excluding hydrogens is 1000 g/mol. The number of thiazole rings is 1. The van der Waals surface area contributed by atoms with Crippen molar-refractivity contribution in [1.82, 2.24) is 56.0 Å². The number of carbonyl (C=O) groups excluding carboxylic acids is 4. The predicted molar refractivity (Wildman–Crippen MR) is 283 cm³/mol. The molecule has 3 atom stereocenters. The van der Waals surface area contributed by atoms with Gasteiger partial charge >= 0.3 is 0 Å². The molecule has 0 unspecified atom stereocenters. The number of hydrogen-bond acceptors (Lipinski definition) is 19. The summed E-state index contributed by atoms with van der Waals surface area (Å²) in [6, 6.07) is 5.95. The molecule has 1 aromatic carbocycles. The zero-order valence-corrected chi connectivity index (χ0v) is 45.2. The van der Waals surface area contributed by atoms with Crippen LogP contribution in [0, 0.1) is 24.2 Å². The van der Waals surface area contributed by atoms with Gasteiger partial charge in [0.2, 0.25) is 23.6 Å². The third kappa shape index (κ3) is 17.0. The Balaban J connectivity index is 0.790. The summed E-state index contributed by atoms with van der Waals surface area (Å²) in [5.41, 5.74) is 10.5. The lowest BCUT2D eigenvalue weighted by atomic mass is 9.85. The normalized spacial score (nSPS) is 15.1. The highest BCUT2D eigenvalue weighted by Gasteiger charge is 2.44. The quantitative estimate of drug-likeness (QED) is 0.0280. The van der Waals surface area contributed by atoms with Crippen LogP contribution in [-0.4, -0.2) is 165 Å². The van der Waals surface area contributed by atoms with Crippen LogP contribution in [0.2, 0.25) is 0 Å². The van der Waals surface area contributed by atoms with Crippen LogP contribution in [0.5, 0.6) is 5.75 Å². The van der Waals surface area contributed by atoms with E-state index in [-0.39, 0.29) is 69.3 Å². The zero-order chi connectivity index (χ0) is 54.8. The molecular formula is C52H72N12O11S. The number of aromatic nitrogens is 6. The van der Waals surface area contributed by atoms with E-state index >= 15 is 0 Å². The Hall–Kier alpha value is -6.59. The number of aliphatic hydroxyl groups excluding tert-OH is 1. The number of rotatable bonds is 28. The van der Waals surface area contributed by atoms with Crippen LogP contribution in [0.4, 0.5) is 5.82 Å². The topological polar surface area (TPSA) is 306 Å². The van der Waals surface area contributed by atoms with Gasteiger partial charge in [-0.1, -0.05) is 51.0 Å². The number of ether oxygens (including phenoxy) is 4. The van der Waals surface area contributed by atoms with Crippen molar-refractivity contribution >= 4 is 51.8 Å². The number of pyridine rings is 1. The fourth-order valence-corrected chi connectivity index (χ4v) is 8.99. The Bertz CT molecular complexity index is 2770. The van der Waals surface area contributed by atoms with Crippen LogP contribution >= 0.6 is 11.3 Å². The maximum atomic E-state index is 13.9. The summed E-state index contributed by atoms with van der Waals surface area (Å²) in [6.07, 6.45) is 2.46. The molecule has 0 spiro atoms. The molecule has 412 valence electrons. The van der Waals surface area contributed by atoms with Gasteiger partial charge < -0.3 is 65.6 Å². The van der Waals surface area contributed by atoms with Crippen molar-refractivity contribution in [3.05, 3.63) is 52.9 Å². The molecule has 0 radical (unpaired) electrons. The van der Waals surface area contributed by atoms with Gasteiger partial charge in [0.25, 0.3) is 0 Å². The summed E-state index contributed by atoms with van der Waals surface area (Å²) < 4.78 is 29.5. The Morgan fingerprint density at radius 3 is 2.33 bits per heavy atom. The molecule has 24 heteroatoms. The van der Waals surface area contributed by atoms with E-state index in [0.717, 1.165) is 21.7 Å². The fraction of sp³-hybridized carbons (Fsp3) is 0.558. The number of likely N-dealkylation sites (tertiary alicyclic amines) is 1. The number of benzene rings is 1. The second-order valence-corrected chi connectivity index (χ2v) is 20.6. The van der Waals surface area contributed by atoms with Crippen LogP contribution in [-0.2, 0) is 46.5 Å². The van der Waals surface area contributed by atoms with E-state index in [1.807, 2.05) is 63.5 Å². The summed E-state index contributed by atoms with van der Waals surface area (Å²) >= 11 is 1.56. The predicted octanol–water partition coefficient (Wildman–Crippen LogP) is 2.75. The summed E-state index contributed by atoms with van der Waals surface area (Å²) in [5, 5.41) is 40.2. The number of imidazole rings is 1. The van der Waals surface area contributed by atoms with Gasteiger partial charge in [-0.3, -0.25) is 19.2 Å². The van der Waals surface area contributed by atoms with E-state index < -0.39 is 41.0 Å². The number of nitrogen functional groups attached to an aromatic ring is 1. The first-order valence-electron chi connectivity index (χ1n) is 25.5. The fourth-order valence-electron chi connectivity index (χ4n) is 8.18. The van der Waals surface area contributed by atoms with Crippen LogP contribution in [0.15, 0.2) is 40.6 Å². The summed E-state index contributed by atoms with van der Waals surface area (Å²) in [4.78, 5) is 68.7. The molecule has 76 heavy (non-hydrogen) atoms. The lowest BCUT2D eigenvalue weighted by Crippen LogP contribution is -2.58. The Kier molecular flexibility index (Phi) is 21.6. The third-order valence-electron chi connectivity index (χ3n) is 12.0. The van der Waals surface area contributed by atoms with Gasteiger partial charge in [-0.25, -0.2) is 19.6 Å². The standard InChI is InChI=1S/C52H72N12O11S/c1-8-63-44-39(29-56-37(16-17-52(6,7)70)42(44)60-48(63)43-47(53)62-75-61-43)74-21-10-19-54-18-9-11-40(66)55-20-22-71-23-24-72-25-26-73-31-41(67)59-46(51(3,4)5)50(69)64-30-36(65)27-38(64)49(68)57-28-34-12-14-35(15-13-34)45-33(2)58-32-76-45/h12-15,29,32,36,38,46,54,65,70H,8-11,18-28,30-31H2,1-7H3,(H2,53,62)(H,55,66)(H,57,68)(H,59,67)/t36-,38+,46-/m1/s1. The number of nitrogens with zero attached hydrogens (tertiary/aromatic N) is 7. The van der Waals surface area contributed by atoms with Gasteiger partial charge in [-0.2, -0.15) is 0 Å². The maximum Gasteiger partial charge on any atom is 0.246 e. The molecule has 0 saturated carbocycles. The molecule has 1 fully saturated rings. The molecule has 5 heterocycles. The van der Waals surface area contributed by atoms with E-state index in [1.54, 1.807) is 36.9 Å². The first kappa shape index (κ1) is 58.7. The number of hydrogen-bond donors (Lipinski definition) is 7. The molecule has 23 nitrogen and oxygen atoms in total. The molecule has 0 bridgehead atoms. The summed E-state index contributed by atoms with van der Waals surface area (Å²) in [6.45, 7) is 16.2. The number of aliphatic hydroxyl groups is 2. The lowest BCUT2D eigenvalue weighted by molar-refractivity contribution is -0.144.